The zero-order chi connectivity index (χ0) is 18.0. The normalized spacial score (nSPS) is 18.2. The summed E-state index contributed by atoms with van der Waals surface area (Å²) in [5.41, 5.74) is 3.67. The number of aromatic amines is 1. The van der Waals surface area contributed by atoms with Crippen LogP contribution in [0.4, 0.5) is 0 Å². The van der Waals surface area contributed by atoms with E-state index in [1.165, 1.54) is 4.57 Å². The molecule has 3 rings (SSSR count). The van der Waals surface area contributed by atoms with Gasteiger partial charge in [0.2, 0.25) is 5.91 Å². The Morgan fingerprint density at radius 1 is 1.28 bits per heavy atom. The standard InChI is InChI=1S/C19H26N4O2/c1-13-8-7-10-22(19(13)25)12-17(24)23-11-6-4-5-9-16(23)18-14(2)20-21-15(18)3/h7-8,10,16H,4-6,9,11-12H2,1-3H3,(H,20,21)/t16-/m1/s1. The molecule has 0 aromatic carbocycles. The van der Waals surface area contributed by atoms with E-state index < -0.39 is 0 Å². The highest BCUT2D eigenvalue weighted by atomic mass is 16.2. The average Bonchev–Trinajstić information content (AvgIpc) is 2.78. The molecule has 1 aliphatic rings. The Balaban J connectivity index is 1.90. The van der Waals surface area contributed by atoms with Crippen molar-refractivity contribution in [3.63, 3.8) is 0 Å². The highest BCUT2D eigenvalue weighted by molar-refractivity contribution is 5.76. The fraction of sp³-hybridized carbons (Fsp3) is 0.526. The average molecular weight is 342 g/mol. The summed E-state index contributed by atoms with van der Waals surface area (Å²) in [6.07, 6.45) is 5.86. The number of rotatable bonds is 3. The van der Waals surface area contributed by atoms with Crippen molar-refractivity contribution in [1.29, 1.82) is 0 Å². The minimum absolute atomic E-state index is 0.000370. The molecule has 6 nitrogen and oxygen atoms in total. The van der Waals surface area contributed by atoms with Gasteiger partial charge in [-0.2, -0.15) is 5.10 Å². The number of nitrogens with one attached hydrogen (secondary N) is 1. The van der Waals surface area contributed by atoms with E-state index in [2.05, 4.69) is 10.2 Å². The van der Waals surface area contributed by atoms with Crippen LogP contribution >= 0.6 is 0 Å². The first kappa shape index (κ1) is 17.5. The molecule has 2 aromatic rings. The van der Waals surface area contributed by atoms with Crippen LogP contribution in [0.15, 0.2) is 23.1 Å². The van der Waals surface area contributed by atoms with E-state index in [-0.39, 0.29) is 24.1 Å². The van der Waals surface area contributed by atoms with Crippen molar-refractivity contribution in [2.24, 2.45) is 0 Å². The third-order valence-corrected chi connectivity index (χ3v) is 5.11. The van der Waals surface area contributed by atoms with E-state index in [4.69, 9.17) is 0 Å². The number of hydrogen-bond donors (Lipinski definition) is 1. The highest BCUT2D eigenvalue weighted by Crippen LogP contribution is 2.33. The summed E-state index contributed by atoms with van der Waals surface area (Å²) in [7, 11) is 0. The summed E-state index contributed by atoms with van der Waals surface area (Å²) >= 11 is 0. The number of likely N-dealkylation sites (tertiary alicyclic amines) is 1. The minimum Gasteiger partial charge on any atom is -0.334 e. The van der Waals surface area contributed by atoms with Crippen LogP contribution in [0, 0.1) is 20.8 Å². The molecule has 0 bridgehead atoms. The first-order valence-corrected chi connectivity index (χ1v) is 8.96. The van der Waals surface area contributed by atoms with Gasteiger partial charge in [-0.05, 0) is 39.7 Å². The van der Waals surface area contributed by atoms with Crippen LogP contribution in [0.5, 0.6) is 0 Å². The zero-order valence-corrected chi connectivity index (χ0v) is 15.2. The summed E-state index contributed by atoms with van der Waals surface area (Å²) in [5.74, 6) is -0.000370. The Kier molecular flexibility index (Phi) is 5.06. The molecule has 0 unspecified atom stereocenters. The molecule has 134 valence electrons. The number of hydrogen-bond acceptors (Lipinski definition) is 3. The molecule has 3 heterocycles. The number of carbonyl (C=O) groups is 1. The second-order valence-corrected chi connectivity index (χ2v) is 6.92. The number of nitrogens with zero attached hydrogens (tertiary/aromatic N) is 3. The molecule has 1 atom stereocenters. The molecule has 1 saturated heterocycles. The Morgan fingerprint density at radius 2 is 2.08 bits per heavy atom. The monoisotopic (exact) mass is 342 g/mol. The van der Waals surface area contributed by atoms with E-state index in [1.54, 1.807) is 19.2 Å². The van der Waals surface area contributed by atoms with E-state index >= 15 is 0 Å². The van der Waals surface area contributed by atoms with E-state index in [9.17, 15) is 9.59 Å². The predicted molar refractivity (Wildman–Crippen MR) is 96.4 cm³/mol. The maximum absolute atomic E-state index is 13.0. The van der Waals surface area contributed by atoms with Gasteiger partial charge in [0.15, 0.2) is 0 Å². The lowest BCUT2D eigenvalue weighted by atomic mass is 9.99. The summed E-state index contributed by atoms with van der Waals surface area (Å²) in [6, 6.07) is 3.62. The van der Waals surface area contributed by atoms with Gasteiger partial charge < -0.3 is 9.47 Å². The number of aryl methyl sites for hydroxylation is 3. The Morgan fingerprint density at radius 3 is 2.80 bits per heavy atom. The van der Waals surface area contributed by atoms with Gasteiger partial charge in [-0.3, -0.25) is 14.7 Å². The smallest absolute Gasteiger partial charge is 0.253 e. The number of H-pyrrole nitrogens is 1. The Hall–Kier alpha value is -2.37. The first-order chi connectivity index (χ1) is 12.0. The molecule has 0 spiro atoms. The van der Waals surface area contributed by atoms with Gasteiger partial charge in [0.05, 0.1) is 11.7 Å². The van der Waals surface area contributed by atoms with Crippen LogP contribution in [0.25, 0.3) is 0 Å². The largest absolute Gasteiger partial charge is 0.334 e. The lowest BCUT2D eigenvalue weighted by molar-refractivity contribution is -0.134. The number of amides is 1. The van der Waals surface area contributed by atoms with Gasteiger partial charge in [0.25, 0.3) is 5.56 Å². The second-order valence-electron chi connectivity index (χ2n) is 6.92. The molecule has 2 aromatic heterocycles. The molecular weight excluding hydrogens is 316 g/mol. The number of pyridine rings is 1. The van der Waals surface area contributed by atoms with Crippen LogP contribution in [-0.2, 0) is 11.3 Å². The van der Waals surface area contributed by atoms with Crippen molar-refractivity contribution in [2.75, 3.05) is 6.54 Å². The third-order valence-electron chi connectivity index (χ3n) is 5.11. The van der Waals surface area contributed by atoms with Gasteiger partial charge in [0.1, 0.15) is 6.54 Å². The summed E-state index contributed by atoms with van der Waals surface area (Å²) in [4.78, 5) is 27.2. The van der Waals surface area contributed by atoms with Crippen molar-refractivity contribution in [3.8, 4) is 0 Å². The molecule has 0 radical (unpaired) electrons. The van der Waals surface area contributed by atoms with Crippen molar-refractivity contribution in [2.45, 2.75) is 59.0 Å². The molecule has 25 heavy (non-hydrogen) atoms. The summed E-state index contributed by atoms with van der Waals surface area (Å²) < 4.78 is 1.51. The van der Waals surface area contributed by atoms with Crippen molar-refractivity contribution in [3.05, 3.63) is 51.2 Å². The molecule has 1 amide bonds. The highest BCUT2D eigenvalue weighted by Gasteiger charge is 2.30. The third kappa shape index (κ3) is 3.52. The molecule has 6 heteroatoms. The van der Waals surface area contributed by atoms with E-state index in [1.807, 2.05) is 24.8 Å². The van der Waals surface area contributed by atoms with E-state index in [0.717, 1.165) is 49.2 Å². The van der Waals surface area contributed by atoms with Crippen LogP contribution in [0.2, 0.25) is 0 Å². The number of aromatic nitrogens is 3. The molecule has 0 aliphatic carbocycles. The minimum atomic E-state index is -0.0992. The molecule has 1 fully saturated rings. The predicted octanol–water partition coefficient (Wildman–Crippen LogP) is 2.64. The van der Waals surface area contributed by atoms with Crippen LogP contribution < -0.4 is 5.56 Å². The molecule has 1 aliphatic heterocycles. The second kappa shape index (κ2) is 7.25. The number of carbonyl (C=O) groups excluding carboxylic acids is 1. The lowest BCUT2D eigenvalue weighted by Gasteiger charge is -2.31. The maximum atomic E-state index is 13.0. The van der Waals surface area contributed by atoms with E-state index in [0.29, 0.717) is 5.56 Å². The van der Waals surface area contributed by atoms with Gasteiger partial charge in [-0.25, -0.2) is 0 Å². The molecule has 1 N–H and O–H groups in total. The lowest BCUT2D eigenvalue weighted by Crippen LogP contribution is -2.39. The van der Waals surface area contributed by atoms with Crippen LogP contribution in [0.1, 0.15) is 54.2 Å². The zero-order valence-electron chi connectivity index (χ0n) is 15.2. The fourth-order valence-electron chi connectivity index (χ4n) is 3.78. The van der Waals surface area contributed by atoms with Crippen LogP contribution in [0.3, 0.4) is 0 Å². The first-order valence-electron chi connectivity index (χ1n) is 8.96. The van der Waals surface area contributed by atoms with Gasteiger partial charge in [0, 0.05) is 29.6 Å². The fourth-order valence-corrected chi connectivity index (χ4v) is 3.78. The Bertz CT molecular complexity index is 802. The quantitative estimate of drug-likeness (QED) is 0.932. The van der Waals surface area contributed by atoms with Crippen molar-refractivity contribution < 1.29 is 4.79 Å². The molecular formula is C19H26N4O2. The van der Waals surface area contributed by atoms with Gasteiger partial charge in [-0.1, -0.05) is 18.9 Å². The van der Waals surface area contributed by atoms with Crippen molar-refractivity contribution in [1.82, 2.24) is 19.7 Å². The van der Waals surface area contributed by atoms with Gasteiger partial charge in [-0.15, -0.1) is 0 Å². The van der Waals surface area contributed by atoms with Crippen molar-refractivity contribution >= 4 is 5.91 Å². The molecule has 0 saturated carbocycles. The summed E-state index contributed by atoms with van der Waals surface area (Å²) in [5, 5.41) is 7.34. The maximum Gasteiger partial charge on any atom is 0.253 e. The summed E-state index contributed by atoms with van der Waals surface area (Å²) in [6.45, 7) is 6.59. The Labute approximate surface area is 147 Å². The SMILES string of the molecule is Cc1n[nH]c(C)c1[C@H]1CCCCCN1C(=O)Cn1cccc(C)c1=O. The van der Waals surface area contributed by atoms with Crippen LogP contribution in [-0.4, -0.2) is 32.1 Å². The van der Waals surface area contributed by atoms with Gasteiger partial charge >= 0.3 is 0 Å². The topological polar surface area (TPSA) is 71.0 Å².